The van der Waals surface area contributed by atoms with Gasteiger partial charge in [-0.15, -0.1) is 12.4 Å². The molecule has 2 heterocycles. The maximum atomic E-state index is 4.23. The highest BCUT2D eigenvalue weighted by atomic mass is 79.9. The van der Waals surface area contributed by atoms with E-state index in [1.54, 1.807) is 0 Å². The summed E-state index contributed by atoms with van der Waals surface area (Å²) >= 11 is 3.54. The second-order valence-electron chi connectivity index (χ2n) is 4.09. The third-order valence-electron chi connectivity index (χ3n) is 3.00. The molecule has 0 radical (unpaired) electrons. The second kappa shape index (κ2) is 6.00. The molecule has 6 heteroatoms. The Balaban J connectivity index is 0.00000128. The number of aryl methyl sites for hydroxylation is 1. The summed E-state index contributed by atoms with van der Waals surface area (Å²) in [7, 11) is 1.99. The molecule has 1 aliphatic rings. The van der Waals surface area contributed by atoms with Crippen LogP contribution >= 0.6 is 28.3 Å². The Hall–Kier alpha value is -0.100. The monoisotopic (exact) mass is 308 g/mol. The first-order valence-corrected chi connectivity index (χ1v) is 6.09. The van der Waals surface area contributed by atoms with Gasteiger partial charge in [0.2, 0.25) is 0 Å². The van der Waals surface area contributed by atoms with Crippen LogP contribution in [0.25, 0.3) is 0 Å². The molecule has 1 aromatic rings. The van der Waals surface area contributed by atoms with E-state index in [0.717, 1.165) is 30.7 Å². The van der Waals surface area contributed by atoms with Gasteiger partial charge in [-0.1, -0.05) is 0 Å². The van der Waals surface area contributed by atoms with Crippen LogP contribution < -0.4 is 5.32 Å². The Morgan fingerprint density at radius 3 is 2.94 bits per heavy atom. The summed E-state index contributed by atoms with van der Waals surface area (Å²) in [5.41, 5.74) is 1.25. The van der Waals surface area contributed by atoms with Crippen molar-refractivity contribution >= 4 is 28.3 Å². The van der Waals surface area contributed by atoms with Gasteiger partial charge in [0.1, 0.15) is 0 Å². The number of nitrogens with zero attached hydrogens (tertiary/aromatic N) is 3. The molecule has 0 spiro atoms. The summed E-state index contributed by atoms with van der Waals surface area (Å²) in [6.45, 7) is 6.50. The number of aromatic nitrogens is 2. The molecule has 1 aromatic heterocycles. The van der Waals surface area contributed by atoms with Crippen molar-refractivity contribution in [1.29, 1.82) is 0 Å². The number of halogens is 2. The molecule has 2 rings (SSSR count). The van der Waals surface area contributed by atoms with Gasteiger partial charge < -0.3 is 5.32 Å². The zero-order valence-corrected chi connectivity index (χ0v) is 12.0. The van der Waals surface area contributed by atoms with Gasteiger partial charge in [0, 0.05) is 39.3 Å². The van der Waals surface area contributed by atoms with Crippen molar-refractivity contribution in [1.82, 2.24) is 20.0 Å². The van der Waals surface area contributed by atoms with Crippen molar-refractivity contribution in [2.24, 2.45) is 7.05 Å². The fourth-order valence-electron chi connectivity index (χ4n) is 1.92. The fraction of sp³-hybridized carbons (Fsp3) is 0.700. The largest absolute Gasteiger partial charge is 0.314 e. The molecule has 0 saturated carbocycles. The molecule has 4 nitrogen and oxygen atoms in total. The third kappa shape index (κ3) is 2.97. The zero-order chi connectivity index (χ0) is 10.8. The van der Waals surface area contributed by atoms with Crippen molar-refractivity contribution < 1.29 is 0 Å². The predicted octanol–water partition coefficient (Wildman–Crippen LogP) is 1.40. The lowest BCUT2D eigenvalue weighted by Gasteiger charge is -2.33. The van der Waals surface area contributed by atoms with Gasteiger partial charge in [-0.3, -0.25) is 9.58 Å². The van der Waals surface area contributed by atoms with Crippen LogP contribution in [-0.2, 0) is 13.6 Å². The van der Waals surface area contributed by atoms with E-state index in [-0.39, 0.29) is 12.4 Å². The number of hydrogen-bond donors (Lipinski definition) is 1. The first-order valence-electron chi connectivity index (χ1n) is 5.29. The molecule has 0 amide bonds. The number of rotatable bonds is 2. The standard InChI is InChI=1S/C10H17BrN4.ClH/c1-8-5-12-3-4-15(8)7-10-9(11)6-13-14(10)2;/h6,8,12H,3-5,7H2,1-2H3;1H. The molecule has 1 saturated heterocycles. The normalized spacial score (nSPS) is 21.8. The third-order valence-corrected chi connectivity index (χ3v) is 3.66. The summed E-state index contributed by atoms with van der Waals surface area (Å²) in [5.74, 6) is 0. The average Bonchev–Trinajstić information content (AvgIpc) is 2.53. The van der Waals surface area contributed by atoms with Crippen LogP contribution in [0.1, 0.15) is 12.6 Å². The first-order chi connectivity index (χ1) is 7.18. The summed E-state index contributed by atoms with van der Waals surface area (Å²) in [6, 6.07) is 0.598. The summed E-state index contributed by atoms with van der Waals surface area (Å²) in [6.07, 6.45) is 1.86. The fourth-order valence-corrected chi connectivity index (χ4v) is 2.40. The van der Waals surface area contributed by atoms with Crippen LogP contribution in [0.4, 0.5) is 0 Å². The summed E-state index contributed by atoms with van der Waals surface area (Å²) < 4.78 is 3.05. The van der Waals surface area contributed by atoms with Gasteiger partial charge in [0.15, 0.2) is 0 Å². The maximum absolute atomic E-state index is 4.23. The van der Waals surface area contributed by atoms with E-state index in [4.69, 9.17) is 0 Å². The lowest BCUT2D eigenvalue weighted by molar-refractivity contribution is 0.161. The number of hydrogen-bond acceptors (Lipinski definition) is 3. The molecule has 16 heavy (non-hydrogen) atoms. The quantitative estimate of drug-likeness (QED) is 0.896. The van der Waals surface area contributed by atoms with Crippen molar-refractivity contribution in [3.63, 3.8) is 0 Å². The molecule has 92 valence electrons. The Labute approximate surface area is 111 Å². The molecular formula is C10H18BrClN4. The van der Waals surface area contributed by atoms with E-state index < -0.39 is 0 Å². The van der Waals surface area contributed by atoms with Gasteiger partial charge in [0.05, 0.1) is 16.4 Å². The van der Waals surface area contributed by atoms with Crippen molar-refractivity contribution in [3.8, 4) is 0 Å². The smallest absolute Gasteiger partial charge is 0.0663 e. The summed E-state index contributed by atoms with van der Waals surface area (Å²) in [5, 5.41) is 7.63. The number of nitrogens with one attached hydrogen (secondary N) is 1. The highest BCUT2D eigenvalue weighted by Gasteiger charge is 2.20. The minimum Gasteiger partial charge on any atom is -0.314 e. The summed E-state index contributed by atoms with van der Waals surface area (Å²) in [4.78, 5) is 2.48. The molecule has 0 aromatic carbocycles. The van der Waals surface area contributed by atoms with Gasteiger partial charge >= 0.3 is 0 Å². The Bertz CT molecular complexity index is 322. The Kier molecular flexibility index (Phi) is 5.24. The minimum atomic E-state index is 0. The molecular weight excluding hydrogens is 291 g/mol. The van der Waals surface area contributed by atoms with Crippen LogP contribution in [0.2, 0.25) is 0 Å². The van der Waals surface area contributed by atoms with E-state index in [1.807, 2.05) is 17.9 Å². The van der Waals surface area contributed by atoms with E-state index in [9.17, 15) is 0 Å². The van der Waals surface area contributed by atoms with Gasteiger partial charge in [-0.2, -0.15) is 5.10 Å². The number of piperazine rings is 1. The highest BCUT2D eigenvalue weighted by molar-refractivity contribution is 9.10. The molecule has 1 N–H and O–H groups in total. The molecule has 1 fully saturated rings. The first kappa shape index (κ1) is 14.0. The van der Waals surface area contributed by atoms with Crippen LogP contribution in [0.5, 0.6) is 0 Å². The van der Waals surface area contributed by atoms with Crippen molar-refractivity contribution in [3.05, 3.63) is 16.4 Å². The topological polar surface area (TPSA) is 33.1 Å². The molecule has 1 unspecified atom stereocenters. The average molecular weight is 310 g/mol. The molecule has 0 bridgehead atoms. The van der Waals surface area contributed by atoms with E-state index >= 15 is 0 Å². The second-order valence-corrected chi connectivity index (χ2v) is 4.94. The van der Waals surface area contributed by atoms with Crippen molar-refractivity contribution in [2.75, 3.05) is 19.6 Å². The maximum Gasteiger partial charge on any atom is 0.0663 e. The minimum absolute atomic E-state index is 0. The molecule has 1 aliphatic heterocycles. The van der Waals surface area contributed by atoms with Crippen LogP contribution in [0.15, 0.2) is 10.7 Å². The van der Waals surface area contributed by atoms with E-state index in [2.05, 4.69) is 38.2 Å². The van der Waals surface area contributed by atoms with Crippen molar-refractivity contribution in [2.45, 2.75) is 19.5 Å². The predicted molar refractivity (Wildman–Crippen MR) is 70.9 cm³/mol. The van der Waals surface area contributed by atoms with E-state index in [1.165, 1.54) is 5.69 Å². The van der Waals surface area contributed by atoms with Crippen LogP contribution in [-0.4, -0.2) is 40.4 Å². The lowest BCUT2D eigenvalue weighted by atomic mass is 10.2. The highest BCUT2D eigenvalue weighted by Crippen LogP contribution is 2.18. The van der Waals surface area contributed by atoms with Crippen LogP contribution in [0.3, 0.4) is 0 Å². The molecule has 1 atom stereocenters. The van der Waals surface area contributed by atoms with Gasteiger partial charge in [-0.05, 0) is 22.9 Å². The Morgan fingerprint density at radius 2 is 2.38 bits per heavy atom. The Morgan fingerprint density at radius 1 is 1.62 bits per heavy atom. The van der Waals surface area contributed by atoms with Crippen LogP contribution in [0, 0.1) is 0 Å². The lowest BCUT2D eigenvalue weighted by Crippen LogP contribution is -2.49. The van der Waals surface area contributed by atoms with Gasteiger partial charge in [-0.25, -0.2) is 0 Å². The zero-order valence-electron chi connectivity index (χ0n) is 9.61. The molecule has 0 aliphatic carbocycles. The van der Waals surface area contributed by atoms with E-state index in [0.29, 0.717) is 6.04 Å². The van der Waals surface area contributed by atoms with Gasteiger partial charge in [0.25, 0.3) is 0 Å². The SMILES string of the molecule is CC1CNCCN1Cc1c(Br)cnn1C.Cl.